The van der Waals surface area contributed by atoms with Gasteiger partial charge in [-0.05, 0) is 17.7 Å². The molecule has 0 spiro atoms. The highest BCUT2D eigenvalue weighted by molar-refractivity contribution is 5.78. The Morgan fingerprint density at radius 3 is 2.41 bits per heavy atom. The Labute approximate surface area is 128 Å². The molecule has 1 aromatic rings. The number of ether oxygens (including phenoxy) is 1. The summed E-state index contributed by atoms with van der Waals surface area (Å²) in [5, 5.41) is 34.2. The van der Waals surface area contributed by atoms with Gasteiger partial charge in [-0.3, -0.25) is 4.79 Å². The SMILES string of the molecule is COc1ccc(CC(=O)NC[C@H]2N[C@H](CO)[C@@H](O)[C@@H]2O)cc1. The Hall–Kier alpha value is -1.67. The van der Waals surface area contributed by atoms with E-state index in [1.54, 1.807) is 19.2 Å². The number of benzene rings is 1. The first-order valence-corrected chi connectivity index (χ1v) is 7.17. The summed E-state index contributed by atoms with van der Waals surface area (Å²) in [5.41, 5.74) is 0.853. The molecule has 4 atom stereocenters. The topological polar surface area (TPSA) is 111 Å². The maximum absolute atomic E-state index is 11.9. The lowest BCUT2D eigenvalue weighted by atomic mass is 10.1. The minimum Gasteiger partial charge on any atom is -0.497 e. The van der Waals surface area contributed by atoms with Gasteiger partial charge >= 0.3 is 0 Å². The van der Waals surface area contributed by atoms with Gasteiger partial charge in [0.15, 0.2) is 0 Å². The fraction of sp³-hybridized carbons (Fsp3) is 0.533. The van der Waals surface area contributed by atoms with E-state index in [-0.39, 0.29) is 25.5 Å². The number of carbonyl (C=O) groups excluding carboxylic acids is 1. The molecular weight excluding hydrogens is 288 g/mol. The normalized spacial score (nSPS) is 27.6. The molecule has 7 nitrogen and oxygen atoms in total. The van der Waals surface area contributed by atoms with E-state index in [2.05, 4.69) is 10.6 Å². The van der Waals surface area contributed by atoms with E-state index in [1.165, 1.54) is 0 Å². The van der Waals surface area contributed by atoms with Crippen LogP contribution in [-0.2, 0) is 11.2 Å². The Kier molecular flexibility index (Phi) is 5.73. The zero-order valence-electron chi connectivity index (χ0n) is 12.4. The first kappa shape index (κ1) is 16.7. The number of hydrogen-bond donors (Lipinski definition) is 5. The molecule has 7 heteroatoms. The van der Waals surface area contributed by atoms with Crippen molar-refractivity contribution >= 4 is 5.91 Å². The van der Waals surface area contributed by atoms with Crippen LogP contribution >= 0.6 is 0 Å². The second-order valence-corrected chi connectivity index (χ2v) is 5.37. The van der Waals surface area contributed by atoms with Crippen LogP contribution in [0.3, 0.4) is 0 Å². The monoisotopic (exact) mass is 310 g/mol. The van der Waals surface area contributed by atoms with Gasteiger partial charge < -0.3 is 30.7 Å². The second kappa shape index (κ2) is 7.55. The van der Waals surface area contributed by atoms with Crippen molar-refractivity contribution in [1.82, 2.24) is 10.6 Å². The summed E-state index contributed by atoms with van der Waals surface area (Å²) in [7, 11) is 1.58. The lowest BCUT2D eigenvalue weighted by Crippen LogP contribution is -2.44. The molecule has 122 valence electrons. The molecule has 0 bridgehead atoms. The van der Waals surface area contributed by atoms with E-state index in [9.17, 15) is 15.0 Å². The van der Waals surface area contributed by atoms with Crippen molar-refractivity contribution < 1.29 is 24.9 Å². The van der Waals surface area contributed by atoms with Crippen molar-refractivity contribution in [2.45, 2.75) is 30.7 Å². The Bertz CT molecular complexity index is 493. The molecule has 0 saturated carbocycles. The molecule has 0 unspecified atom stereocenters. The van der Waals surface area contributed by atoms with Gasteiger partial charge in [-0.2, -0.15) is 0 Å². The Morgan fingerprint density at radius 2 is 1.86 bits per heavy atom. The fourth-order valence-corrected chi connectivity index (χ4v) is 2.50. The third-order valence-corrected chi connectivity index (χ3v) is 3.84. The zero-order valence-corrected chi connectivity index (χ0v) is 12.4. The molecule has 0 aromatic heterocycles. The van der Waals surface area contributed by atoms with E-state index in [1.807, 2.05) is 12.1 Å². The zero-order chi connectivity index (χ0) is 16.1. The van der Waals surface area contributed by atoms with Crippen molar-refractivity contribution in [3.8, 4) is 5.75 Å². The van der Waals surface area contributed by atoms with Gasteiger partial charge in [0.25, 0.3) is 0 Å². The van der Waals surface area contributed by atoms with Gasteiger partial charge in [0, 0.05) is 6.54 Å². The summed E-state index contributed by atoms with van der Waals surface area (Å²) in [6, 6.07) is 6.14. The summed E-state index contributed by atoms with van der Waals surface area (Å²) >= 11 is 0. The highest BCUT2D eigenvalue weighted by atomic mass is 16.5. The molecule has 0 radical (unpaired) electrons. The molecule has 1 amide bonds. The van der Waals surface area contributed by atoms with E-state index in [0.717, 1.165) is 11.3 Å². The van der Waals surface area contributed by atoms with E-state index in [0.29, 0.717) is 0 Å². The van der Waals surface area contributed by atoms with Crippen LogP contribution in [0.5, 0.6) is 5.75 Å². The molecule has 1 fully saturated rings. The van der Waals surface area contributed by atoms with Crippen molar-refractivity contribution in [3.05, 3.63) is 29.8 Å². The summed E-state index contributed by atoms with van der Waals surface area (Å²) in [6.07, 6.45) is -1.83. The summed E-state index contributed by atoms with van der Waals surface area (Å²) in [4.78, 5) is 11.9. The van der Waals surface area contributed by atoms with Crippen LogP contribution < -0.4 is 15.4 Å². The number of aliphatic hydroxyl groups excluding tert-OH is 3. The van der Waals surface area contributed by atoms with Crippen LogP contribution in [0.25, 0.3) is 0 Å². The second-order valence-electron chi connectivity index (χ2n) is 5.37. The first-order valence-electron chi connectivity index (χ1n) is 7.17. The number of carbonyl (C=O) groups is 1. The predicted molar refractivity (Wildman–Crippen MR) is 79.5 cm³/mol. The molecule has 0 aliphatic carbocycles. The van der Waals surface area contributed by atoms with Gasteiger partial charge in [-0.15, -0.1) is 0 Å². The maximum Gasteiger partial charge on any atom is 0.224 e. The molecular formula is C15H22N2O5. The lowest BCUT2D eigenvalue weighted by Gasteiger charge is -2.16. The molecule has 1 aromatic carbocycles. The van der Waals surface area contributed by atoms with Crippen molar-refractivity contribution in [1.29, 1.82) is 0 Å². The number of hydrogen-bond acceptors (Lipinski definition) is 6. The van der Waals surface area contributed by atoms with E-state index in [4.69, 9.17) is 9.84 Å². The standard InChI is InChI=1S/C15H22N2O5/c1-22-10-4-2-9(3-5-10)6-13(19)16-7-11-14(20)15(21)12(8-18)17-11/h2-5,11-12,14-15,17-18,20-21H,6-8H2,1H3,(H,16,19)/t11-,12-,14-,15-/m1/s1. The van der Waals surface area contributed by atoms with Crippen molar-refractivity contribution in [3.63, 3.8) is 0 Å². The Balaban J connectivity index is 1.80. The quantitative estimate of drug-likeness (QED) is 0.433. The molecule has 22 heavy (non-hydrogen) atoms. The van der Waals surface area contributed by atoms with Gasteiger partial charge in [-0.1, -0.05) is 12.1 Å². The average Bonchev–Trinajstić information content (AvgIpc) is 2.81. The number of nitrogens with one attached hydrogen (secondary N) is 2. The summed E-state index contributed by atoms with van der Waals surface area (Å²) in [5.74, 6) is 0.549. The fourth-order valence-electron chi connectivity index (χ4n) is 2.50. The average molecular weight is 310 g/mol. The van der Waals surface area contributed by atoms with Crippen LogP contribution in [0.15, 0.2) is 24.3 Å². The van der Waals surface area contributed by atoms with E-state index >= 15 is 0 Å². The Morgan fingerprint density at radius 1 is 1.23 bits per heavy atom. The highest BCUT2D eigenvalue weighted by Gasteiger charge is 2.40. The predicted octanol–water partition coefficient (Wildman–Crippen LogP) is -1.59. The molecule has 1 aliphatic heterocycles. The number of amides is 1. The molecule has 1 heterocycles. The summed E-state index contributed by atoms with van der Waals surface area (Å²) in [6.45, 7) is -0.0851. The third kappa shape index (κ3) is 3.95. The van der Waals surface area contributed by atoms with E-state index < -0.39 is 24.3 Å². The van der Waals surface area contributed by atoms with Crippen molar-refractivity contribution in [2.24, 2.45) is 0 Å². The number of aliphatic hydroxyl groups is 3. The van der Waals surface area contributed by atoms with Gasteiger partial charge in [-0.25, -0.2) is 0 Å². The molecule has 2 rings (SSSR count). The largest absolute Gasteiger partial charge is 0.497 e. The minimum absolute atomic E-state index is 0.180. The van der Waals surface area contributed by atoms with Crippen LogP contribution in [0.1, 0.15) is 5.56 Å². The highest BCUT2D eigenvalue weighted by Crippen LogP contribution is 2.14. The third-order valence-electron chi connectivity index (χ3n) is 3.84. The summed E-state index contributed by atoms with van der Waals surface area (Å²) < 4.78 is 5.05. The van der Waals surface area contributed by atoms with Gasteiger partial charge in [0.1, 0.15) is 5.75 Å². The smallest absolute Gasteiger partial charge is 0.224 e. The van der Waals surface area contributed by atoms with Crippen LogP contribution in [0.2, 0.25) is 0 Å². The molecule has 1 aliphatic rings. The van der Waals surface area contributed by atoms with Crippen LogP contribution in [0, 0.1) is 0 Å². The van der Waals surface area contributed by atoms with Gasteiger partial charge in [0.2, 0.25) is 5.91 Å². The molecule has 5 N–H and O–H groups in total. The van der Waals surface area contributed by atoms with Crippen molar-refractivity contribution in [2.75, 3.05) is 20.3 Å². The number of methoxy groups -OCH3 is 1. The maximum atomic E-state index is 11.9. The number of rotatable bonds is 6. The van der Waals surface area contributed by atoms with Gasteiger partial charge in [0.05, 0.1) is 44.4 Å². The molecule has 1 saturated heterocycles. The minimum atomic E-state index is -1.03. The lowest BCUT2D eigenvalue weighted by molar-refractivity contribution is -0.120. The van der Waals surface area contributed by atoms with Crippen LogP contribution in [-0.4, -0.2) is 65.8 Å². The first-order chi connectivity index (χ1) is 10.5. The van der Waals surface area contributed by atoms with Crippen LogP contribution in [0.4, 0.5) is 0 Å².